The first-order valence-corrected chi connectivity index (χ1v) is 6.51. The normalized spacial score (nSPS) is 14.4. The Morgan fingerprint density at radius 2 is 1.74 bits per heavy atom. The molecule has 0 saturated carbocycles. The highest BCUT2D eigenvalue weighted by atomic mass is 19.1. The SMILES string of the molecule is Cc1cc(F)cc(C(=O)C2Cc3ccccc3C2)c1. The summed E-state index contributed by atoms with van der Waals surface area (Å²) in [6.45, 7) is 1.81. The van der Waals surface area contributed by atoms with Crippen molar-refractivity contribution in [1.29, 1.82) is 0 Å². The van der Waals surface area contributed by atoms with Gasteiger partial charge in [-0.15, -0.1) is 0 Å². The quantitative estimate of drug-likeness (QED) is 0.746. The summed E-state index contributed by atoms with van der Waals surface area (Å²) in [7, 11) is 0. The van der Waals surface area contributed by atoms with Crippen LogP contribution in [0.5, 0.6) is 0 Å². The Bertz CT molecular complexity index is 600. The average molecular weight is 254 g/mol. The minimum Gasteiger partial charge on any atom is -0.294 e. The summed E-state index contributed by atoms with van der Waals surface area (Å²) in [5.74, 6) is -0.323. The topological polar surface area (TPSA) is 17.1 Å². The molecule has 2 aromatic rings. The fourth-order valence-corrected chi connectivity index (χ4v) is 2.86. The number of carbonyl (C=O) groups excluding carboxylic acids is 1. The number of hydrogen-bond donors (Lipinski definition) is 0. The zero-order chi connectivity index (χ0) is 13.4. The monoisotopic (exact) mass is 254 g/mol. The van der Waals surface area contributed by atoms with Crippen molar-refractivity contribution in [3.05, 3.63) is 70.5 Å². The number of rotatable bonds is 2. The van der Waals surface area contributed by atoms with Crippen LogP contribution in [0, 0.1) is 18.7 Å². The number of halogens is 1. The Labute approximate surface area is 112 Å². The third-order valence-electron chi connectivity index (χ3n) is 3.75. The van der Waals surface area contributed by atoms with Crippen molar-refractivity contribution in [3.8, 4) is 0 Å². The molecule has 2 aromatic carbocycles. The Morgan fingerprint density at radius 1 is 1.11 bits per heavy atom. The molecule has 3 rings (SSSR count). The summed E-state index contributed by atoms with van der Waals surface area (Å²) in [5.41, 5.74) is 3.78. The zero-order valence-corrected chi connectivity index (χ0v) is 10.8. The summed E-state index contributed by atoms with van der Waals surface area (Å²) in [6, 6.07) is 12.7. The van der Waals surface area contributed by atoms with Gasteiger partial charge in [0.15, 0.2) is 5.78 Å². The second-order valence-corrected chi connectivity index (χ2v) is 5.26. The van der Waals surface area contributed by atoms with Crippen LogP contribution in [0.4, 0.5) is 4.39 Å². The van der Waals surface area contributed by atoms with E-state index in [9.17, 15) is 9.18 Å². The van der Waals surface area contributed by atoms with Crippen molar-refractivity contribution >= 4 is 5.78 Å². The van der Waals surface area contributed by atoms with Gasteiger partial charge in [0.25, 0.3) is 0 Å². The second-order valence-electron chi connectivity index (χ2n) is 5.26. The van der Waals surface area contributed by atoms with Gasteiger partial charge in [-0.2, -0.15) is 0 Å². The van der Waals surface area contributed by atoms with Crippen molar-refractivity contribution < 1.29 is 9.18 Å². The summed E-state index contributed by atoms with van der Waals surface area (Å²) < 4.78 is 13.4. The van der Waals surface area contributed by atoms with Crippen LogP contribution >= 0.6 is 0 Å². The predicted octanol–water partition coefficient (Wildman–Crippen LogP) is 3.73. The molecule has 19 heavy (non-hydrogen) atoms. The molecule has 0 amide bonds. The van der Waals surface area contributed by atoms with Gasteiger partial charge < -0.3 is 0 Å². The predicted molar refractivity (Wildman–Crippen MR) is 72.8 cm³/mol. The van der Waals surface area contributed by atoms with E-state index < -0.39 is 0 Å². The van der Waals surface area contributed by atoms with Gasteiger partial charge in [0, 0.05) is 11.5 Å². The molecule has 0 atom stereocenters. The number of benzene rings is 2. The lowest BCUT2D eigenvalue weighted by atomic mass is 9.94. The van der Waals surface area contributed by atoms with E-state index in [1.165, 1.54) is 23.3 Å². The van der Waals surface area contributed by atoms with Crippen LogP contribution in [0.3, 0.4) is 0 Å². The molecular formula is C17H15FO. The fraction of sp³-hybridized carbons (Fsp3) is 0.235. The highest BCUT2D eigenvalue weighted by Crippen LogP contribution is 2.29. The Balaban J connectivity index is 1.87. The van der Waals surface area contributed by atoms with E-state index in [0.717, 1.165) is 18.4 Å². The van der Waals surface area contributed by atoms with Gasteiger partial charge in [-0.05, 0) is 54.7 Å². The van der Waals surface area contributed by atoms with Crippen LogP contribution < -0.4 is 0 Å². The number of aryl methyl sites for hydroxylation is 1. The highest BCUT2D eigenvalue weighted by Gasteiger charge is 2.28. The molecule has 0 heterocycles. The van der Waals surface area contributed by atoms with E-state index in [-0.39, 0.29) is 17.5 Å². The molecule has 0 aromatic heterocycles. The van der Waals surface area contributed by atoms with Crippen LogP contribution in [0.15, 0.2) is 42.5 Å². The Morgan fingerprint density at radius 3 is 2.32 bits per heavy atom. The number of hydrogen-bond acceptors (Lipinski definition) is 1. The number of ketones is 1. The van der Waals surface area contributed by atoms with Gasteiger partial charge in [0.05, 0.1) is 0 Å². The molecule has 1 aliphatic rings. The van der Waals surface area contributed by atoms with Crippen molar-refractivity contribution in [3.63, 3.8) is 0 Å². The first kappa shape index (κ1) is 12.1. The first-order valence-electron chi connectivity index (χ1n) is 6.51. The summed E-state index contributed by atoms with van der Waals surface area (Å²) in [5, 5.41) is 0. The second kappa shape index (κ2) is 4.61. The van der Waals surface area contributed by atoms with Crippen molar-refractivity contribution in [2.45, 2.75) is 19.8 Å². The summed E-state index contributed by atoms with van der Waals surface area (Å²) in [6.07, 6.45) is 1.54. The fourth-order valence-electron chi connectivity index (χ4n) is 2.86. The molecule has 0 aliphatic heterocycles. The molecule has 1 nitrogen and oxygen atoms in total. The molecule has 0 radical (unpaired) electrons. The molecule has 96 valence electrons. The van der Waals surface area contributed by atoms with E-state index >= 15 is 0 Å². The molecule has 0 N–H and O–H groups in total. The van der Waals surface area contributed by atoms with Gasteiger partial charge in [-0.3, -0.25) is 4.79 Å². The van der Waals surface area contributed by atoms with Gasteiger partial charge >= 0.3 is 0 Å². The lowest BCUT2D eigenvalue weighted by Gasteiger charge is -2.09. The van der Waals surface area contributed by atoms with Crippen molar-refractivity contribution in [2.24, 2.45) is 5.92 Å². The molecule has 1 aliphatic carbocycles. The maximum absolute atomic E-state index is 13.4. The van der Waals surface area contributed by atoms with E-state index in [0.29, 0.717) is 5.56 Å². The summed E-state index contributed by atoms with van der Waals surface area (Å²) in [4.78, 5) is 12.5. The van der Waals surface area contributed by atoms with Crippen LogP contribution in [-0.2, 0) is 12.8 Å². The van der Waals surface area contributed by atoms with Crippen LogP contribution in [0.25, 0.3) is 0 Å². The smallest absolute Gasteiger partial charge is 0.166 e. The Kier molecular flexibility index (Phi) is 2.94. The van der Waals surface area contributed by atoms with Gasteiger partial charge in [0.2, 0.25) is 0 Å². The zero-order valence-electron chi connectivity index (χ0n) is 10.8. The maximum Gasteiger partial charge on any atom is 0.166 e. The number of Topliss-reactive ketones (excluding diaryl/α,β-unsaturated/α-hetero) is 1. The molecule has 0 spiro atoms. The first-order chi connectivity index (χ1) is 9.13. The summed E-state index contributed by atoms with van der Waals surface area (Å²) >= 11 is 0. The average Bonchev–Trinajstić information content (AvgIpc) is 2.80. The van der Waals surface area contributed by atoms with Gasteiger partial charge in [0.1, 0.15) is 5.82 Å². The lowest BCUT2D eigenvalue weighted by molar-refractivity contribution is 0.0924. The van der Waals surface area contributed by atoms with Gasteiger partial charge in [-0.1, -0.05) is 24.3 Å². The van der Waals surface area contributed by atoms with E-state index in [1.807, 2.05) is 19.1 Å². The molecule has 0 saturated heterocycles. The van der Waals surface area contributed by atoms with E-state index in [2.05, 4.69) is 12.1 Å². The van der Waals surface area contributed by atoms with Gasteiger partial charge in [-0.25, -0.2) is 4.39 Å². The Hall–Kier alpha value is -1.96. The molecule has 2 heteroatoms. The molecule has 0 bridgehead atoms. The lowest BCUT2D eigenvalue weighted by Crippen LogP contribution is -2.15. The van der Waals surface area contributed by atoms with Crippen LogP contribution in [0.2, 0.25) is 0 Å². The van der Waals surface area contributed by atoms with Crippen LogP contribution in [0.1, 0.15) is 27.0 Å². The molecule has 0 fully saturated rings. The highest BCUT2D eigenvalue weighted by molar-refractivity contribution is 5.98. The minimum absolute atomic E-state index is 0.0430. The maximum atomic E-state index is 13.4. The number of fused-ring (bicyclic) bond motifs is 1. The number of carbonyl (C=O) groups is 1. The molecular weight excluding hydrogens is 239 g/mol. The largest absolute Gasteiger partial charge is 0.294 e. The third-order valence-corrected chi connectivity index (χ3v) is 3.75. The molecule has 0 unspecified atom stereocenters. The van der Waals surface area contributed by atoms with Crippen LogP contribution in [-0.4, -0.2) is 5.78 Å². The minimum atomic E-state index is -0.334. The van der Waals surface area contributed by atoms with Crippen molar-refractivity contribution in [1.82, 2.24) is 0 Å². The third kappa shape index (κ3) is 2.30. The standard InChI is InChI=1S/C17H15FO/c1-11-6-14(10-16(18)7-11)17(19)15-8-12-4-2-3-5-13(12)9-15/h2-7,10,15H,8-9H2,1H3. The van der Waals surface area contributed by atoms with E-state index in [4.69, 9.17) is 0 Å². The van der Waals surface area contributed by atoms with Crippen molar-refractivity contribution in [2.75, 3.05) is 0 Å². The van der Waals surface area contributed by atoms with E-state index in [1.54, 1.807) is 6.07 Å².